The van der Waals surface area contributed by atoms with Crippen LogP contribution in [-0.4, -0.2) is 4.98 Å². The molecule has 44 heavy (non-hydrogen) atoms. The van der Waals surface area contributed by atoms with Crippen molar-refractivity contribution in [2.45, 2.75) is 0 Å². The smallest absolute Gasteiger partial charge is 0.0788 e. The predicted molar refractivity (Wildman–Crippen MR) is 188 cm³/mol. The maximum atomic E-state index is 5.17. The fourth-order valence-corrected chi connectivity index (χ4v) is 6.74. The molecular formula is C43H27N. The summed E-state index contributed by atoms with van der Waals surface area (Å²) in [6, 6.07) is 59.2. The number of benzene rings is 8. The van der Waals surface area contributed by atoms with Gasteiger partial charge in [0.15, 0.2) is 0 Å². The molecular weight excluding hydrogens is 530 g/mol. The van der Waals surface area contributed by atoms with Crippen molar-refractivity contribution in [1.82, 2.24) is 4.98 Å². The van der Waals surface area contributed by atoms with Crippen LogP contribution in [0.4, 0.5) is 0 Å². The number of para-hydroxylation sites is 1. The van der Waals surface area contributed by atoms with Crippen LogP contribution in [0.3, 0.4) is 0 Å². The molecule has 0 unspecified atom stereocenters. The standard InChI is InChI=1S/C43H27N/c1-2-9-32-25-34(18-15-28(32)7-1)37-22-21-35-26-33(19-20-36(35)27-37)29-13-16-31(17-14-29)43-40-24-23-30-8-3-4-10-38(30)42(40)39-11-5-6-12-41(39)44-43/h1-27H. The number of rotatable bonds is 3. The van der Waals surface area contributed by atoms with Gasteiger partial charge in [0, 0.05) is 21.7 Å². The zero-order valence-electron chi connectivity index (χ0n) is 24.0. The van der Waals surface area contributed by atoms with E-state index >= 15 is 0 Å². The maximum Gasteiger partial charge on any atom is 0.0788 e. The summed E-state index contributed by atoms with van der Waals surface area (Å²) in [5, 5.41) is 11.2. The molecule has 0 fully saturated rings. The summed E-state index contributed by atoms with van der Waals surface area (Å²) in [5.74, 6) is 0. The molecule has 9 aromatic rings. The van der Waals surface area contributed by atoms with E-state index in [2.05, 4.69) is 164 Å². The Morgan fingerprint density at radius 3 is 1.50 bits per heavy atom. The van der Waals surface area contributed by atoms with Crippen molar-refractivity contribution in [2.24, 2.45) is 0 Å². The maximum absolute atomic E-state index is 5.17. The Kier molecular flexibility index (Phi) is 5.57. The van der Waals surface area contributed by atoms with Gasteiger partial charge in [0.1, 0.15) is 0 Å². The first kappa shape index (κ1) is 24.8. The van der Waals surface area contributed by atoms with E-state index in [1.54, 1.807) is 0 Å². The lowest BCUT2D eigenvalue weighted by Crippen LogP contribution is -1.91. The van der Waals surface area contributed by atoms with Crippen molar-refractivity contribution >= 4 is 54.0 Å². The van der Waals surface area contributed by atoms with Gasteiger partial charge in [0.25, 0.3) is 0 Å². The molecule has 1 aromatic heterocycles. The van der Waals surface area contributed by atoms with Gasteiger partial charge in [-0.05, 0) is 78.8 Å². The Labute approximate surface area is 255 Å². The second-order valence-electron chi connectivity index (χ2n) is 11.6. The highest BCUT2D eigenvalue weighted by molar-refractivity contribution is 6.22. The van der Waals surface area contributed by atoms with Crippen LogP contribution in [0.5, 0.6) is 0 Å². The monoisotopic (exact) mass is 557 g/mol. The van der Waals surface area contributed by atoms with E-state index < -0.39 is 0 Å². The lowest BCUT2D eigenvalue weighted by Gasteiger charge is -2.13. The van der Waals surface area contributed by atoms with E-state index in [4.69, 9.17) is 4.98 Å². The SMILES string of the molecule is c1ccc2cc(-c3ccc4cc(-c5ccc(-c6nc7ccccc7c7c6ccc6ccccc67)cc5)ccc4c3)ccc2c1. The van der Waals surface area contributed by atoms with Gasteiger partial charge < -0.3 is 0 Å². The molecule has 0 amide bonds. The molecule has 0 radical (unpaired) electrons. The summed E-state index contributed by atoms with van der Waals surface area (Å²) in [5.41, 5.74) is 8.07. The molecule has 0 saturated heterocycles. The Balaban J connectivity index is 1.10. The summed E-state index contributed by atoms with van der Waals surface area (Å²) < 4.78 is 0. The Bertz CT molecular complexity index is 2520. The third-order valence-corrected chi connectivity index (χ3v) is 9.00. The van der Waals surface area contributed by atoms with Gasteiger partial charge in [-0.3, -0.25) is 0 Å². The normalized spacial score (nSPS) is 11.6. The first-order valence-electron chi connectivity index (χ1n) is 15.1. The van der Waals surface area contributed by atoms with Gasteiger partial charge in [0.05, 0.1) is 11.2 Å². The zero-order valence-corrected chi connectivity index (χ0v) is 24.0. The Hall–Kier alpha value is -5.79. The number of aromatic nitrogens is 1. The molecule has 1 heteroatoms. The van der Waals surface area contributed by atoms with Crippen LogP contribution >= 0.6 is 0 Å². The van der Waals surface area contributed by atoms with E-state index in [0.29, 0.717) is 0 Å². The third-order valence-electron chi connectivity index (χ3n) is 9.00. The lowest BCUT2D eigenvalue weighted by atomic mass is 9.94. The number of nitrogens with zero attached hydrogens (tertiary/aromatic N) is 1. The van der Waals surface area contributed by atoms with E-state index in [1.807, 2.05) is 0 Å². The summed E-state index contributed by atoms with van der Waals surface area (Å²) in [6.07, 6.45) is 0. The van der Waals surface area contributed by atoms with Gasteiger partial charge >= 0.3 is 0 Å². The van der Waals surface area contributed by atoms with Gasteiger partial charge in [0.2, 0.25) is 0 Å². The molecule has 0 aliphatic rings. The van der Waals surface area contributed by atoms with Gasteiger partial charge in [-0.2, -0.15) is 0 Å². The number of fused-ring (bicyclic) bond motifs is 7. The quantitative estimate of drug-likeness (QED) is 0.197. The molecule has 0 atom stereocenters. The van der Waals surface area contributed by atoms with Crippen molar-refractivity contribution in [3.8, 4) is 33.5 Å². The molecule has 0 saturated carbocycles. The molecule has 0 spiro atoms. The fourth-order valence-electron chi connectivity index (χ4n) is 6.74. The highest BCUT2D eigenvalue weighted by Gasteiger charge is 2.13. The highest BCUT2D eigenvalue weighted by Crippen LogP contribution is 2.38. The van der Waals surface area contributed by atoms with E-state index in [0.717, 1.165) is 16.8 Å². The molecule has 1 nitrogen and oxygen atoms in total. The van der Waals surface area contributed by atoms with Crippen molar-refractivity contribution < 1.29 is 0 Å². The fraction of sp³-hybridized carbons (Fsp3) is 0. The summed E-state index contributed by atoms with van der Waals surface area (Å²) in [4.78, 5) is 5.17. The Morgan fingerprint density at radius 2 is 0.773 bits per heavy atom. The molecule has 204 valence electrons. The largest absolute Gasteiger partial charge is 0.247 e. The Morgan fingerprint density at radius 1 is 0.295 bits per heavy atom. The summed E-state index contributed by atoms with van der Waals surface area (Å²) in [6.45, 7) is 0. The van der Waals surface area contributed by atoms with Crippen LogP contribution < -0.4 is 0 Å². The van der Waals surface area contributed by atoms with Gasteiger partial charge in [-0.25, -0.2) is 4.98 Å². The molecule has 0 bridgehead atoms. The molecule has 9 rings (SSSR count). The van der Waals surface area contributed by atoms with Crippen LogP contribution in [0.15, 0.2) is 164 Å². The summed E-state index contributed by atoms with van der Waals surface area (Å²) in [7, 11) is 0. The van der Waals surface area contributed by atoms with E-state index in [9.17, 15) is 0 Å². The van der Waals surface area contributed by atoms with Crippen molar-refractivity contribution in [3.63, 3.8) is 0 Å². The van der Waals surface area contributed by atoms with Crippen LogP contribution in [0.1, 0.15) is 0 Å². The van der Waals surface area contributed by atoms with Gasteiger partial charge in [-0.1, -0.05) is 140 Å². The molecule has 1 heterocycles. The van der Waals surface area contributed by atoms with Crippen molar-refractivity contribution in [2.75, 3.05) is 0 Å². The van der Waals surface area contributed by atoms with Crippen molar-refractivity contribution in [1.29, 1.82) is 0 Å². The van der Waals surface area contributed by atoms with Crippen LogP contribution in [-0.2, 0) is 0 Å². The van der Waals surface area contributed by atoms with Crippen LogP contribution in [0.25, 0.3) is 87.5 Å². The summed E-state index contributed by atoms with van der Waals surface area (Å²) >= 11 is 0. The third kappa shape index (κ3) is 4.06. The predicted octanol–water partition coefficient (Wildman–Crippen LogP) is 11.8. The minimum Gasteiger partial charge on any atom is -0.247 e. The minimum absolute atomic E-state index is 1.02. The van der Waals surface area contributed by atoms with E-state index in [-0.39, 0.29) is 0 Å². The van der Waals surface area contributed by atoms with Crippen LogP contribution in [0.2, 0.25) is 0 Å². The molecule has 8 aromatic carbocycles. The first-order chi connectivity index (χ1) is 21.8. The number of hydrogen-bond acceptors (Lipinski definition) is 1. The second-order valence-corrected chi connectivity index (χ2v) is 11.6. The first-order valence-corrected chi connectivity index (χ1v) is 15.1. The van der Waals surface area contributed by atoms with Crippen molar-refractivity contribution in [3.05, 3.63) is 164 Å². The van der Waals surface area contributed by atoms with Gasteiger partial charge in [-0.15, -0.1) is 0 Å². The van der Waals surface area contributed by atoms with E-state index in [1.165, 1.54) is 70.7 Å². The number of hydrogen-bond donors (Lipinski definition) is 0. The molecule has 0 aliphatic carbocycles. The average molecular weight is 558 g/mol. The molecule has 0 N–H and O–H groups in total. The number of pyridine rings is 1. The lowest BCUT2D eigenvalue weighted by molar-refractivity contribution is 1.43. The zero-order chi connectivity index (χ0) is 29.0. The average Bonchev–Trinajstić information content (AvgIpc) is 3.10. The second kappa shape index (κ2) is 9.90. The topological polar surface area (TPSA) is 12.9 Å². The van der Waals surface area contributed by atoms with Crippen LogP contribution in [0, 0.1) is 0 Å². The molecule has 0 aliphatic heterocycles. The minimum atomic E-state index is 1.02. The highest BCUT2D eigenvalue weighted by atomic mass is 14.7.